The van der Waals surface area contributed by atoms with Crippen LogP contribution in [-0.4, -0.2) is 110 Å². The normalized spacial score (nSPS) is 54.7. The lowest BCUT2D eigenvalue weighted by atomic mass is 9.46. The maximum absolute atomic E-state index is 11.7. The summed E-state index contributed by atoms with van der Waals surface area (Å²) in [6, 6.07) is 0.377. The third kappa shape index (κ3) is 5.36. The molecule has 6 rings (SSSR count). The number of rotatable bonds is 5. The van der Waals surface area contributed by atoms with Gasteiger partial charge in [-0.15, -0.1) is 0 Å². The lowest BCUT2D eigenvalue weighted by Crippen LogP contribution is -2.60. The number of fused-ring (bicyclic) bond motifs is 5. The van der Waals surface area contributed by atoms with Gasteiger partial charge in [0, 0.05) is 12.6 Å². The minimum absolute atomic E-state index is 0.0727. The zero-order valence-electron chi connectivity index (χ0n) is 26.8. The van der Waals surface area contributed by atoms with E-state index in [9.17, 15) is 30.6 Å². The highest BCUT2D eigenvalue weighted by atomic mass is 16.7. The number of aliphatic hydroxyl groups is 6. The van der Waals surface area contributed by atoms with Crippen molar-refractivity contribution in [2.24, 2.45) is 40.4 Å². The van der Waals surface area contributed by atoms with Crippen LogP contribution in [0.3, 0.4) is 0 Å². The second-order valence-corrected chi connectivity index (χ2v) is 16.2. The molecule has 0 aromatic carbocycles. The predicted octanol–water partition coefficient (Wildman–Crippen LogP) is 2.20. The van der Waals surface area contributed by atoms with E-state index in [1.165, 1.54) is 5.57 Å². The number of likely N-dealkylation sites (tertiary alicyclic amines) is 1. The summed E-state index contributed by atoms with van der Waals surface area (Å²) in [5.74, 6) is 2.22. The largest absolute Gasteiger partial charge is 0.394 e. The Labute approximate surface area is 257 Å². The maximum atomic E-state index is 11.7. The molecule has 9 nitrogen and oxygen atoms in total. The van der Waals surface area contributed by atoms with Gasteiger partial charge in [-0.1, -0.05) is 32.4 Å². The van der Waals surface area contributed by atoms with Gasteiger partial charge >= 0.3 is 0 Å². The van der Waals surface area contributed by atoms with Crippen molar-refractivity contribution in [1.29, 1.82) is 0 Å². The molecule has 16 atom stereocenters. The Morgan fingerprint density at radius 2 is 1.74 bits per heavy atom. The summed E-state index contributed by atoms with van der Waals surface area (Å²) in [5, 5.41) is 62.7. The predicted molar refractivity (Wildman–Crippen MR) is 161 cm³/mol. The summed E-state index contributed by atoms with van der Waals surface area (Å²) >= 11 is 0. The number of β-amino-alcohol motifs (C(OH)–C–C–N with tert-alkyl or cyclic N) is 1. The van der Waals surface area contributed by atoms with Gasteiger partial charge in [0.05, 0.1) is 24.4 Å². The molecular formula is C34H57NO8. The van der Waals surface area contributed by atoms with Crippen LogP contribution in [0.15, 0.2) is 11.6 Å². The molecule has 246 valence electrons. The maximum Gasteiger partial charge on any atom is 0.186 e. The van der Waals surface area contributed by atoms with E-state index in [-0.39, 0.29) is 29.0 Å². The van der Waals surface area contributed by atoms with Gasteiger partial charge in [-0.3, -0.25) is 0 Å². The number of nitrogens with zero attached hydrogens (tertiary/aromatic N) is 1. The molecule has 43 heavy (non-hydrogen) atoms. The van der Waals surface area contributed by atoms with Crippen molar-refractivity contribution in [1.82, 2.24) is 4.90 Å². The number of hydrogen-bond donors (Lipinski definition) is 6. The molecule has 0 radical (unpaired) electrons. The van der Waals surface area contributed by atoms with Crippen molar-refractivity contribution >= 4 is 0 Å². The molecule has 6 aliphatic rings. The molecular weight excluding hydrogens is 550 g/mol. The van der Waals surface area contributed by atoms with Crippen LogP contribution in [0.1, 0.15) is 85.5 Å². The fourth-order valence-electron chi connectivity index (χ4n) is 11.4. The molecule has 0 amide bonds. The minimum Gasteiger partial charge on any atom is -0.394 e. The number of piperidine rings is 1. The first-order valence-electron chi connectivity index (χ1n) is 17.0. The molecule has 3 saturated carbocycles. The lowest BCUT2D eigenvalue weighted by molar-refractivity contribution is -0.313. The second-order valence-electron chi connectivity index (χ2n) is 16.2. The molecule has 0 aromatic rings. The summed E-state index contributed by atoms with van der Waals surface area (Å²) in [5.41, 5.74) is 0.956. The molecule has 0 spiro atoms. The third-order valence-electron chi connectivity index (χ3n) is 13.7. The Morgan fingerprint density at radius 3 is 2.44 bits per heavy atom. The topological polar surface area (TPSA) is 143 Å². The van der Waals surface area contributed by atoms with Gasteiger partial charge in [0.1, 0.15) is 24.4 Å². The fraction of sp³-hybridized carbons (Fsp3) is 0.941. The smallest absolute Gasteiger partial charge is 0.186 e. The van der Waals surface area contributed by atoms with Crippen LogP contribution in [0.2, 0.25) is 0 Å². The Kier molecular flexibility index (Phi) is 8.69. The Bertz CT molecular complexity index is 1050. The van der Waals surface area contributed by atoms with E-state index in [1.54, 1.807) is 0 Å². The third-order valence-corrected chi connectivity index (χ3v) is 13.7. The van der Waals surface area contributed by atoms with E-state index in [0.717, 1.165) is 57.8 Å². The lowest BCUT2D eigenvalue weighted by Gasteiger charge is -2.59. The molecule has 0 aromatic heterocycles. The number of ether oxygens (including phenoxy) is 2. The van der Waals surface area contributed by atoms with E-state index in [2.05, 4.69) is 38.8 Å². The fourth-order valence-corrected chi connectivity index (χ4v) is 11.4. The monoisotopic (exact) mass is 607 g/mol. The Balaban J connectivity index is 1.15. The zero-order valence-corrected chi connectivity index (χ0v) is 26.8. The van der Waals surface area contributed by atoms with Crippen molar-refractivity contribution in [3.63, 3.8) is 0 Å². The number of allylic oxidation sites excluding steroid dienone is 1. The van der Waals surface area contributed by atoms with Crippen molar-refractivity contribution in [2.75, 3.05) is 20.2 Å². The number of aliphatic hydroxyl groups excluding tert-OH is 5. The highest BCUT2D eigenvalue weighted by molar-refractivity contribution is 5.26. The summed E-state index contributed by atoms with van der Waals surface area (Å²) < 4.78 is 11.8. The highest BCUT2D eigenvalue weighted by Gasteiger charge is 2.62. The summed E-state index contributed by atoms with van der Waals surface area (Å²) in [4.78, 5) is 2.34. The van der Waals surface area contributed by atoms with Gasteiger partial charge in [0.25, 0.3) is 0 Å². The van der Waals surface area contributed by atoms with Gasteiger partial charge in [0.15, 0.2) is 6.29 Å². The standard InChI is InChI=1S/C34H57NO8/c1-18(24-10-11-32(2,41)17-35(24)5)27-25(37)15-23-21-7-6-19-14-20(8-12-33(19,3)22(21)9-13-34(23,27)4)42-31-30(40)29(39)28(38)26(16-36)43-31/h6,18,20-31,36-41H,7-17H2,1-5H3/t18-,20-,21-,22-,23+,24-,25-,26-,27+,28-,29+,30-,31-,32+,33+,34+/m1/s1. The minimum atomic E-state index is -1.43. The van der Waals surface area contributed by atoms with Crippen LogP contribution in [0.4, 0.5) is 0 Å². The first kappa shape index (κ1) is 32.3. The summed E-state index contributed by atoms with van der Waals surface area (Å²) in [6.45, 7) is 9.41. The first-order chi connectivity index (χ1) is 20.2. The van der Waals surface area contributed by atoms with Crippen molar-refractivity contribution in [3.8, 4) is 0 Å². The van der Waals surface area contributed by atoms with E-state index < -0.39 is 42.9 Å². The number of likely N-dealkylation sites (N-methyl/N-ethyl adjacent to an activating group) is 1. The summed E-state index contributed by atoms with van der Waals surface area (Å²) in [7, 11) is 2.14. The Morgan fingerprint density at radius 1 is 1.00 bits per heavy atom. The molecule has 0 bridgehead atoms. The quantitative estimate of drug-likeness (QED) is 0.259. The van der Waals surface area contributed by atoms with Crippen LogP contribution in [0.5, 0.6) is 0 Å². The van der Waals surface area contributed by atoms with Crippen LogP contribution in [0, 0.1) is 40.4 Å². The molecule has 4 aliphatic carbocycles. The van der Waals surface area contributed by atoms with Gasteiger partial charge in [-0.25, -0.2) is 0 Å². The second kappa shape index (κ2) is 11.6. The Hall–Kier alpha value is -0.620. The molecule has 2 aliphatic heterocycles. The highest BCUT2D eigenvalue weighted by Crippen LogP contribution is 2.67. The molecule has 9 heteroatoms. The van der Waals surface area contributed by atoms with Crippen molar-refractivity contribution < 1.29 is 40.1 Å². The average molecular weight is 608 g/mol. The summed E-state index contributed by atoms with van der Waals surface area (Å²) in [6.07, 6.45) is 4.23. The van der Waals surface area contributed by atoms with Crippen LogP contribution < -0.4 is 0 Å². The van der Waals surface area contributed by atoms with Crippen LogP contribution in [0.25, 0.3) is 0 Å². The van der Waals surface area contributed by atoms with E-state index in [1.807, 2.05) is 6.92 Å². The zero-order chi connectivity index (χ0) is 31.1. The van der Waals surface area contributed by atoms with E-state index >= 15 is 0 Å². The van der Waals surface area contributed by atoms with Crippen molar-refractivity contribution in [3.05, 3.63) is 11.6 Å². The molecule has 2 heterocycles. The van der Waals surface area contributed by atoms with Crippen LogP contribution >= 0.6 is 0 Å². The van der Waals surface area contributed by atoms with Gasteiger partial charge in [0.2, 0.25) is 0 Å². The van der Waals surface area contributed by atoms with Gasteiger partial charge in [-0.05, 0) is 112 Å². The SMILES string of the molecule is C[C@@H]([C@H]1[C@H](O)C[C@H]2[C@@H]3CC=C4C[C@H](O[C@@H]5O[C@H](CO)[C@@H](O)[C@H](O)[C@H]5O)CC[C@]4(C)[C@@H]3CC[C@]12C)[C@H]1CC[C@](C)(O)CN1C. The first-order valence-corrected chi connectivity index (χ1v) is 17.0. The molecule has 6 N–H and O–H groups in total. The molecule has 0 unspecified atom stereocenters. The molecule has 2 saturated heterocycles. The van der Waals surface area contributed by atoms with Gasteiger partial charge in [-0.2, -0.15) is 0 Å². The number of hydrogen-bond acceptors (Lipinski definition) is 9. The van der Waals surface area contributed by atoms with E-state index in [0.29, 0.717) is 36.3 Å². The average Bonchev–Trinajstić information content (AvgIpc) is 3.22. The van der Waals surface area contributed by atoms with Gasteiger partial charge < -0.3 is 45.0 Å². The van der Waals surface area contributed by atoms with Crippen LogP contribution in [-0.2, 0) is 9.47 Å². The molecule has 5 fully saturated rings. The van der Waals surface area contributed by atoms with Crippen molar-refractivity contribution in [2.45, 2.75) is 140 Å². The van der Waals surface area contributed by atoms with E-state index in [4.69, 9.17) is 9.47 Å².